The second-order valence-corrected chi connectivity index (χ2v) is 4.80. The average Bonchev–Trinajstić information content (AvgIpc) is 2.93. The molecule has 0 spiro atoms. The van der Waals surface area contributed by atoms with Gasteiger partial charge in [0.05, 0.1) is 5.69 Å². The third-order valence-corrected chi connectivity index (χ3v) is 3.52. The summed E-state index contributed by atoms with van der Waals surface area (Å²) in [7, 11) is 0. The van der Waals surface area contributed by atoms with Crippen molar-refractivity contribution in [1.29, 1.82) is 0 Å². The van der Waals surface area contributed by atoms with Crippen molar-refractivity contribution in [2.75, 3.05) is 13.1 Å². The first kappa shape index (κ1) is 11.4. The van der Waals surface area contributed by atoms with E-state index in [1.807, 2.05) is 12.3 Å². The number of nitrogens with one attached hydrogen (secondary N) is 1. The summed E-state index contributed by atoms with van der Waals surface area (Å²) in [4.78, 5) is 9.16. The molecule has 3 rings (SSSR count). The summed E-state index contributed by atoms with van der Waals surface area (Å²) in [5.41, 5.74) is 3.49. The van der Waals surface area contributed by atoms with Crippen LogP contribution in [0.2, 0.25) is 0 Å². The summed E-state index contributed by atoms with van der Waals surface area (Å²) in [5, 5.41) is 3.36. The van der Waals surface area contributed by atoms with E-state index >= 15 is 0 Å². The quantitative estimate of drug-likeness (QED) is 0.875. The van der Waals surface area contributed by atoms with Crippen LogP contribution in [0.1, 0.15) is 23.7 Å². The number of rotatable bonds is 2. The zero-order valence-electron chi connectivity index (χ0n) is 10.6. The van der Waals surface area contributed by atoms with E-state index in [9.17, 15) is 0 Å². The molecule has 1 N–H and O–H groups in total. The molecule has 1 aliphatic heterocycles. The lowest BCUT2D eigenvalue weighted by atomic mass is 10.0. The van der Waals surface area contributed by atoms with Crippen LogP contribution in [0, 0.1) is 6.92 Å². The normalized spacial score (nSPS) is 19.1. The Morgan fingerprint density at radius 2 is 2.11 bits per heavy atom. The smallest absolute Gasteiger partial charge is 0.133 e. The minimum absolute atomic E-state index is 0.467. The molecule has 3 heteroatoms. The van der Waals surface area contributed by atoms with E-state index in [-0.39, 0.29) is 0 Å². The molecule has 1 saturated heterocycles. The Kier molecular flexibility index (Phi) is 3.07. The second-order valence-electron chi connectivity index (χ2n) is 4.80. The van der Waals surface area contributed by atoms with Gasteiger partial charge in [-0.15, -0.1) is 0 Å². The highest BCUT2D eigenvalue weighted by atomic mass is 15.0. The molecule has 3 nitrogen and oxygen atoms in total. The largest absolute Gasteiger partial charge is 0.316 e. The highest BCUT2D eigenvalue weighted by Gasteiger charge is 2.19. The lowest BCUT2D eigenvalue weighted by Gasteiger charge is -2.09. The third-order valence-electron chi connectivity index (χ3n) is 3.52. The topological polar surface area (TPSA) is 37.8 Å². The molecule has 1 aliphatic rings. The van der Waals surface area contributed by atoms with Crippen molar-refractivity contribution >= 4 is 0 Å². The van der Waals surface area contributed by atoms with E-state index in [2.05, 4.69) is 41.5 Å². The first-order valence-electron chi connectivity index (χ1n) is 6.44. The molecule has 0 aliphatic carbocycles. The van der Waals surface area contributed by atoms with E-state index in [4.69, 9.17) is 4.98 Å². The van der Waals surface area contributed by atoms with Crippen LogP contribution < -0.4 is 5.32 Å². The SMILES string of the molecule is Cc1ccccc1-c1ccnc(C2CCNC2)n1. The highest BCUT2D eigenvalue weighted by molar-refractivity contribution is 5.62. The summed E-state index contributed by atoms with van der Waals surface area (Å²) < 4.78 is 0. The van der Waals surface area contributed by atoms with Crippen molar-refractivity contribution in [2.45, 2.75) is 19.3 Å². The highest BCUT2D eigenvalue weighted by Crippen LogP contribution is 2.24. The Morgan fingerprint density at radius 3 is 2.89 bits per heavy atom. The monoisotopic (exact) mass is 239 g/mol. The van der Waals surface area contributed by atoms with Crippen molar-refractivity contribution in [3.05, 3.63) is 47.9 Å². The van der Waals surface area contributed by atoms with Crippen LogP contribution in [0.4, 0.5) is 0 Å². The number of aryl methyl sites for hydroxylation is 1. The van der Waals surface area contributed by atoms with Crippen molar-refractivity contribution in [3.63, 3.8) is 0 Å². The van der Waals surface area contributed by atoms with Crippen LogP contribution in [0.3, 0.4) is 0 Å². The molecule has 18 heavy (non-hydrogen) atoms. The number of hydrogen-bond acceptors (Lipinski definition) is 3. The standard InChI is InChI=1S/C15H17N3/c1-11-4-2-3-5-13(11)14-7-9-17-15(18-14)12-6-8-16-10-12/h2-5,7,9,12,16H,6,8,10H2,1H3. The summed E-state index contributed by atoms with van der Waals surface area (Å²) >= 11 is 0. The van der Waals surface area contributed by atoms with Gasteiger partial charge in [-0.2, -0.15) is 0 Å². The lowest BCUT2D eigenvalue weighted by molar-refractivity contribution is 0.703. The minimum atomic E-state index is 0.467. The van der Waals surface area contributed by atoms with Gasteiger partial charge in [0.2, 0.25) is 0 Å². The Hall–Kier alpha value is -1.74. The van der Waals surface area contributed by atoms with Crippen molar-refractivity contribution < 1.29 is 0 Å². The zero-order valence-corrected chi connectivity index (χ0v) is 10.6. The van der Waals surface area contributed by atoms with Gasteiger partial charge in [0.25, 0.3) is 0 Å². The maximum absolute atomic E-state index is 4.73. The van der Waals surface area contributed by atoms with Crippen LogP contribution in [-0.4, -0.2) is 23.1 Å². The van der Waals surface area contributed by atoms with Crippen LogP contribution in [0.25, 0.3) is 11.3 Å². The minimum Gasteiger partial charge on any atom is -0.316 e. The molecule has 1 atom stereocenters. The molecule has 1 aromatic heterocycles. The molecular formula is C15H17N3. The molecule has 0 saturated carbocycles. The van der Waals surface area contributed by atoms with Gasteiger partial charge >= 0.3 is 0 Å². The second kappa shape index (κ2) is 4.86. The molecule has 0 amide bonds. The van der Waals surface area contributed by atoms with Gasteiger partial charge in [-0.3, -0.25) is 0 Å². The Labute approximate surface area is 107 Å². The van der Waals surface area contributed by atoms with E-state index in [1.54, 1.807) is 0 Å². The summed E-state index contributed by atoms with van der Waals surface area (Å²) in [6.07, 6.45) is 3.01. The molecular weight excluding hydrogens is 222 g/mol. The van der Waals surface area contributed by atoms with Crippen molar-refractivity contribution in [3.8, 4) is 11.3 Å². The van der Waals surface area contributed by atoms with E-state index in [0.717, 1.165) is 31.0 Å². The fraction of sp³-hybridized carbons (Fsp3) is 0.333. The molecule has 0 radical (unpaired) electrons. The van der Waals surface area contributed by atoms with Gasteiger partial charge in [-0.25, -0.2) is 9.97 Å². The number of nitrogens with zero attached hydrogens (tertiary/aromatic N) is 2. The number of aromatic nitrogens is 2. The molecule has 1 unspecified atom stereocenters. The Morgan fingerprint density at radius 1 is 1.22 bits per heavy atom. The van der Waals surface area contributed by atoms with Crippen LogP contribution in [0.15, 0.2) is 36.5 Å². The van der Waals surface area contributed by atoms with Crippen LogP contribution in [-0.2, 0) is 0 Å². The van der Waals surface area contributed by atoms with Gasteiger partial charge in [-0.05, 0) is 31.5 Å². The molecule has 1 aromatic carbocycles. The molecule has 2 aromatic rings. The lowest BCUT2D eigenvalue weighted by Crippen LogP contribution is -2.10. The van der Waals surface area contributed by atoms with Gasteiger partial charge in [0, 0.05) is 24.2 Å². The Balaban J connectivity index is 1.98. The van der Waals surface area contributed by atoms with Gasteiger partial charge < -0.3 is 5.32 Å². The number of benzene rings is 1. The third kappa shape index (κ3) is 2.14. The average molecular weight is 239 g/mol. The zero-order chi connectivity index (χ0) is 12.4. The van der Waals surface area contributed by atoms with Gasteiger partial charge in [0.15, 0.2) is 0 Å². The molecule has 1 fully saturated rings. The van der Waals surface area contributed by atoms with E-state index in [1.165, 1.54) is 11.1 Å². The Bertz CT molecular complexity index is 545. The summed E-state index contributed by atoms with van der Waals surface area (Å²) in [6, 6.07) is 10.3. The van der Waals surface area contributed by atoms with Crippen LogP contribution >= 0.6 is 0 Å². The van der Waals surface area contributed by atoms with E-state index in [0.29, 0.717) is 5.92 Å². The van der Waals surface area contributed by atoms with Crippen molar-refractivity contribution in [2.24, 2.45) is 0 Å². The predicted molar refractivity (Wildman–Crippen MR) is 72.4 cm³/mol. The van der Waals surface area contributed by atoms with Crippen molar-refractivity contribution in [1.82, 2.24) is 15.3 Å². The number of hydrogen-bond donors (Lipinski definition) is 1. The molecule has 2 heterocycles. The fourth-order valence-corrected chi connectivity index (χ4v) is 2.46. The fourth-order valence-electron chi connectivity index (χ4n) is 2.46. The predicted octanol–water partition coefficient (Wildman–Crippen LogP) is 2.53. The van der Waals surface area contributed by atoms with E-state index < -0.39 is 0 Å². The molecule has 92 valence electrons. The summed E-state index contributed by atoms with van der Waals surface area (Å²) in [5.74, 6) is 1.44. The summed E-state index contributed by atoms with van der Waals surface area (Å²) in [6.45, 7) is 4.19. The van der Waals surface area contributed by atoms with Gasteiger partial charge in [-0.1, -0.05) is 24.3 Å². The maximum Gasteiger partial charge on any atom is 0.133 e. The van der Waals surface area contributed by atoms with Gasteiger partial charge in [0.1, 0.15) is 5.82 Å². The van der Waals surface area contributed by atoms with Crippen LogP contribution in [0.5, 0.6) is 0 Å². The first-order chi connectivity index (χ1) is 8.84. The first-order valence-corrected chi connectivity index (χ1v) is 6.44. The maximum atomic E-state index is 4.73. The molecule has 0 bridgehead atoms.